The van der Waals surface area contributed by atoms with E-state index in [1.165, 1.54) is 5.56 Å². The minimum atomic E-state index is -0.0360. The van der Waals surface area contributed by atoms with Gasteiger partial charge in [-0.2, -0.15) is 0 Å². The molecule has 1 aliphatic carbocycles. The Balaban J connectivity index is 1.84. The maximum atomic E-state index is 6.43. The second kappa shape index (κ2) is 3.97. The predicted molar refractivity (Wildman–Crippen MR) is 70.9 cm³/mol. The molecule has 0 aromatic heterocycles. The van der Waals surface area contributed by atoms with E-state index in [-0.39, 0.29) is 17.1 Å². The van der Waals surface area contributed by atoms with Gasteiger partial charge in [0, 0.05) is 5.54 Å². The summed E-state index contributed by atoms with van der Waals surface area (Å²) in [4.78, 5) is 0. The normalized spacial score (nSPS) is 23.6. The third kappa shape index (κ3) is 1.73. The minimum absolute atomic E-state index is 0.0360. The van der Waals surface area contributed by atoms with E-state index in [9.17, 15) is 0 Å². The summed E-state index contributed by atoms with van der Waals surface area (Å²) in [5.74, 6) is 0.922. The van der Waals surface area contributed by atoms with Crippen LogP contribution in [0.25, 0.3) is 0 Å². The third-order valence-electron chi connectivity index (χ3n) is 4.22. The fourth-order valence-corrected chi connectivity index (χ4v) is 2.79. The van der Waals surface area contributed by atoms with Gasteiger partial charge >= 0.3 is 0 Å². The number of ether oxygens (including phenoxy) is 2. The van der Waals surface area contributed by atoms with E-state index in [4.69, 9.17) is 15.2 Å². The molecule has 1 saturated carbocycles. The molecule has 1 saturated heterocycles. The molecule has 98 valence electrons. The van der Waals surface area contributed by atoms with Crippen LogP contribution in [0.15, 0.2) is 24.3 Å². The summed E-state index contributed by atoms with van der Waals surface area (Å²) in [6.45, 7) is 5.59. The van der Waals surface area contributed by atoms with Gasteiger partial charge in [-0.05, 0) is 44.4 Å². The first kappa shape index (κ1) is 12.0. The maximum Gasteiger partial charge on any atom is 0.119 e. The van der Waals surface area contributed by atoms with Gasteiger partial charge in [0.05, 0.1) is 24.7 Å². The van der Waals surface area contributed by atoms with Crippen molar-refractivity contribution in [1.29, 1.82) is 0 Å². The molecular weight excluding hydrogens is 226 g/mol. The lowest BCUT2D eigenvalue weighted by Crippen LogP contribution is -2.60. The molecule has 2 aliphatic rings. The number of hydrogen-bond acceptors (Lipinski definition) is 3. The molecule has 1 aromatic carbocycles. The molecule has 3 heteroatoms. The highest BCUT2D eigenvalue weighted by molar-refractivity contribution is 5.40. The van der Waals surface area contributed by atoms with Crippen LogP contribution in [-0.4, -0.2) is 24.9 Å². The summed E-state index contributed by atoms with van der Waals surface area (Å²) < 4.78 is 11.1. The number of rotatable bonds is 4. The fourth-order valence-electron chi connectivity index (χ4n) is 2.79. The van der Waals surface area contributed by atoms with Crippen LogP contribution in [0, 0.1) is 0 Å². The summed E-state index contributed by atoms with van der Waals surface area (Å²) in [5, 5.41) is 0. The van der Waals surface area contributed by atoms with E-state index in [1.54, 1.807) is 0 Å². The van der Waals surface area contributed by atoms with Gasteiger partial charge in [0.15, 0.2) is 0 Å². The fraction of sp³-hybridized carbons (Fsp3) is 0.600. The number of hydrogen-bond donors (Lipinski definition) is 1. The first-order valence-electron chi connectivity index (χ1n) is 6.70. The van der Waals surface area contributed by atoms with Crippen LogP contribution in [-0.2, 0) is 10.2 Å². The molecule has 0 bridgehead atoms. The SMILES string of the molecule is CC(C)Oc1ccc(C2(C3(N)CC3)COC2)cc1. The molecule has 0 spiro atoms. The van der Waals surface area contributed by atoms with Crippen LogP contribution in [0.2, 0.25) is 0 Å². The molecule has 2 fully saturated rings. The largest absolute Gasteiger partial charge is 0.491 e. The van der Waals surface area contributed by atoms with Gasteiger partial charge in [-0.3, -0.25) is 0 Å². The molecule has 0 unspecified atom stereocenters. The highest BCUT2D eigenvalue weighted by Gasteiger charge is 2.61. The van der Waals surface area contributed by atoms with E-state index in [2.05, 4.69) is 12.1 Å². The Morgan fingerprint density at radius 1 is 1.17 bits per heavy atom. The van der Waals surface area contributed by atoms with Gasteiger partial charge in [-0.1, -0.05) is 12.1 Å². The molecule has 2 N–H and O–H groups in total. The molecule has 1 aromatic rings. The quantitative estimate of drug-likeness (QED) is 0.887. The van der Waals surface area contributed by atoms with Crippen molar-refractivity contribution >= 4 is 0 Å². The summed E-state index contributed by atoms with van der Waals surface area (Å²) in [6, 6.07) is 8.38. The highest BCUT2D eigenvalue weighted by Crippen LogP contribution is 2.53. The van der Waals surface area contributed by atoms with Gasteiger partial charge in [0.25, 0.3) is 0 Å². The second-order valence-corrected chi connectivity index (χ2v) is 5.92. The lowest BCUT2D eigenvalue weighted by molar-refractivity contribution is -0.0786. The molecule has 1 aliphatic heterocycles. The highest BCUT2D eigenvalue weighted by atomic mass is 16.5. The lowest BCUT2D eigenvalue weighted by atomic mass is 9.71. The van der Waals surface area contributed by atoms with Crippen LogP contribution < -0.4 is 10.5 Å². The van der Waals surface area contributed by atoms with Crippen LogP contribution >= 0.6 is 0 Å². The zero-order chi connectivity index (χ0) is 12.8. The number of nitrogens with two attached hydrogens (primary N) is 1. The zero-order valence-electron chi connectivity index (χ0n) is 11.1. The van der Waals surface area contributed by atoms with E-state index >= 15 is 0 Å². The van der Waals surface area contributed by atoms with E-state index in [0.29, 0.717) is 0 Å². The van der Waals surface area contributed by atoms with Crippen LogP contribution in [0.4, 0.5) is 0 Å². The predicted octanol–water partition coefficient (Wildman–Crippen LogP) is 2.23. The van der Waals surface area contributed by atoms with Gasteiger partial charge in [0.1, 0.15) is 5.75 Å². The van der Waals surface area contributed by atoms with Crippen LogP contribution in [0.5, 0.6) is 5.75 Å². The Kier molecular flexibility index (Phi) is 2.65. The van der Waals surface area contributed by atoms with E-state index in [0.717, 1.165) is 31.8 Å². The Morgan fingerprint density at radius 2 is 1.78 bits per heavy atom. The Hall–Kier alpha value is -1.06. The minimum Gasteiger partial charge on any atom is -0.491 e. The van der Waals surface area contributed by atoms with E-state index < -0.39 is 0 Å². The summed E-state index contributed by atoms with van der Waals surface area (Å²) in [5.41, 5.74) is 7.73. The Bertz CT molecular complexity index is 430. The topological polar surface area (TPSA) is 44.5 Å². The van der Waals surface area contributed by atoms with Crippen molar-refractivity contribution in [2.45, 2.75) is 43.7 Å². The molecule has 18 heavy (non-hydrogen) atoms. The van der Waals surface area contributed by atoms with Crippen molar-refractivity contribution < 1.29 is 9.47 Å². The molecule has 0 amide bonds. The summed E-state index contributed by atoms with van der Waals surface area (Å²) in [7, 11) is 0. The van der Waals surface area contributed by atoms with Crippen LogP contribution in [0.3, 0.4) is 0 Å². The lowest BCUT2D eigenvalue weighted by Gasteiger charge is -2.47. The van der Waals surface area contributed by atoms with Crippen molar-refractivity contribution in [3.63, 3.8) is 0 Å². The Labute approximate surface area is 108 Å². The standard InChI is InChI=1S/C15H21NO2/c1-11(2)18-13-5-3-12(4-6-13)14(9-17-10-14)15(16)7-8-15/h3-6,11H,7-10,16H2,1-2H3. The molecule has 3 rings (SSSR count). The smallest absolute Gasteiger partial charge is 0.119 e. The Morgan fingerprint density at radius 3 is 2.17 bits per heavy atom. The first-order chi connectivity index (χ1) is 8.56. The average molecular weight is 247 g/mol. The van der Waals surface area contributed by atoms with Crippen molar-refractivity contribution in [3.05, 3.63) is 29.8 Å². The monoisotopic (exact) mass is 247 g/mol. The van der Waals surface area contributed by atoms with Crippen LogP contribution in [0.1, 0.15) is 32.3 Å². The van der Waals surface area contributed by atoms with Gasteiger partial charge in [-0.15, -0.1) is 0 Å². The molecule has 3 nitrogen and oxygen atoms in total. The van der Waals surface area contributed by atoms with Crippen molar-refractivity contribution in [3.8, 4) is 5.75 Å². The van der Waals surface area contributed by atoms with Gasteiger partial charge in [-0.25, -0.2) is 0 Å². The second-order valence-electron chi connectivity index (χ2n) is 5.92. The molecule has 0 atom stereocenters. The maximum absolute atomic E-state index is 6.43. The summed E-state index contributed by atoms with van der Waals surface area (Å²) in [6.07, 6.45) is 2.43. The molecular formula is C15H21NO2. The average Bonchev–Trinajstić information content (AvgIpc) is 2.97. The first-order valence-corrected chi connectivity index (χ1v) is 6.70. The van der Waals surface area contributed by atoms with Crippen molar-refractivity contribution in [1.82, 2.24) is 0 Å². The third-order valence-corrected chi connectivity index (χ3v) is 4.22. The van der Waals surface area contributed by atoms with Gasteiger partial charge < -0.3 is 15.2 Å². The molecule has 1 heterocycles. The van der Waals surface area contributed by atoms with Gasteiger partial charge in [0.2, 0.25) is 0 Å². The van der Waals surface area contributed by atoms with Crippen molar-refractivity contribution in [2.75, 3.05) is 13.2 Å². The molecule has 0 radical (unpaired) electrons. The van der Waals surface area contributed by atoms with E-state index in [1.807, 2.05) is 26.0 Å². The zero-order valence-corrected chi connectivity index (χ0v) is 11.1. The summed E-state index contributed by atoms with van der Waals surface area (Å²) >= 11 is 0. The number of benzene rings is 1. The van der Waals surface area contributed by atoms with Crippen molar-refractivity contribution in [2.24, 2.45) is 5.73 Å².